The maximum Gasteiger partial charge on any atom is 0.125 e. The van der Waals surface area contributed by atoms with Crippen LogP contribution in [0.15, 0.2) is 85.5 Å². The third-order valence-electron chi connectivity index (χ3n) is 8.63. The fourth-order valence-corrected chi connectivity index (χ4v) is 6.68. The van der Waals surface area contributed by atoms with Crippen molar-refractivity contribution in [3.05, 3.63) is 130 Å². The van der Waals surface area contributed by atoms with Gasteiger partial charge in [0, 0.05) is 0 Å². The van der Waals surface area contributed by atoms with E-state index in [1.807, 2.05) is 6.08 Å². The fourth-order valence-electron chi connectivity index (χ4n) is 6.68. The summed E-state index contributed by atoms with van der Waals surface area (Å²) in [5.41, 5.74) is 11.7. The van der Waals surface area contributed by atoms with E-state index in [1.165, 1.54) is 33.4 Å². The van der Waals surface area contributed by atoms with Crippen LogP contribution in [-0.4, -0.2) is 38.6 Å². The van der Waals surface area contributed by atoms with E-state index < -0.39 is 5.41 Å². The van der Waals surface area contributed by atoms with Gasteiger partial charge in [-0.25, -0.2) is 0 Å². The monoisotopic (exact) mass is 544 g/mol. The summed E-state index contributed by atoms with van der Waals surface area (Å²) in [6.07, 6.45) is 3.10. The van der Waals surface area contributed by atoms with E-state index in [0.29, 0.717) is 13.2 Å². The zero-order chi connectivity index (χ0) is 28.1. The molecule has 0 saturated carbocycles. The van der Waals surface area contributed by atoms with Crippen molar-refractivity contribution in [3.8, 4) is 22.6 Å². The quantitative estimate of drug-likeness (QED) is 0.137. The Bertz CT molecular complexity index is 1570. The van der Waals surface area contributed by atoms with E-state index in [-0.39, 0.29) is 12.2 Å². The predicted molar refractivity (Wildman–Crippen MR) is 162 cm³/mol. The van der Waals surface area contributed by atoms with E-state index in [9.17, 15) is 0 Å². The molecule has 4 aromatic rings. The summed E-state index contributed by atoms with van der Waals surface area (Å²) in [6, 6.07) is 27.0. The van der Waals surface area contributed by atoms with E-state index in [1.54, 1.807) is 0 Å². The Hall–Kier alpha value is -3.86. The van der Waals surface area contributed by atoms with Crippen molar-refractivity contribution in [2.75, 3.05) is 26.4 Å². The molecule has 2 fully saturated rings. The first kappa shape index (κ1) is 26.1. The molecule has 7 rings (SSSR count). The second-order valence-electron chi connectivity index (χ2n) is 11.6. The fraction of sp³-hybridized carbons (Fsp3) is 0.297. The molecule has 4 heteroatoms. The van der Waals surface area contributed by atoms with Gasteiger partial charge in [0.1, 0.15) is 36.9 Å². The summed E-state index contributed by atoms with van der Waals surface area (Å²) in [4.78, 5) is 0. The number of fused-ring (bicyclic) bond motifs is 3. The molecule has 0 radical (unpaired) electrons. The van der Waals surface area contributed by atoms with Crippen molar-refractivity contribution >= 4 is 0 Å². The van der Waals surface area contributed by atoms with Crippen molar-refractivity contribution in [2.24, 2.45) is 0 Å². The number of rotatable bonds is 10. The molecule has 4 nitrogen and oxygen atoms in total. The molecule has 208 valence electrons. The van der Waals surface area contributed by atoms with E-state index >= 15 is 0 Å². The molecule has 0 spiro atoms. The molecule has 2 aliphatic heterocycles. The molecular weight excluding hydrogens is 508 g/mol. The normalized spacial score (nSPS) is 19.3. The summed E-state index contributed by atoms with van der Waals surface area (Å²) < 4.78 is 23.4. The number of allylic oxidation sites excluding steroid dienone is 1. The number of hydrogen-bond donors (Lipinski definition) is 0. The first-order valence-electron chi connectivity index (χ1n) is 14.6. The molecule has 2 saturated heterocycles. The Balaban J connectivity index is 1.47. The number of epoxide rings is 2. The van der Waals surface area contributed by atoms with Crippen molar-refractivity contribution in [1.29, 1.82) is 0 Å². The van der Waals surface area contributed by atoms with Crippen LogP contribution < -0.4 is 9.47 Å². The predicted octanol–water partition coefficient (Wildman–Crippen LogP) is 7.26. The van der Waals surface area contributed by atoms with Crippen LogP contribution in [0.1, 0.15) is 44.5 Å². The minimum absolute atomic E-state index is 0.198. The molecule has 0 N–H and O–H groups in total. The molecule has 0 bridgehead atoms. The highest BCUT2D eigenvalue weighted by molar-refractivity contribution is 5.86. The molecule has 1 aliphatic carbocycles. The van der Waals surface area contributed by atoms with E-state index in [0.717, 1.165) is 53.4 Å². The molecule has 41 heavy (non-hydrogen) atoms. The Morgan fingerprint density at radius 1 is 0.732 bits per heavy atom. The smallest absolute Gasteiger partial charge is 0.125 e. The Morgan fingerprint density at radius 2 is 1.20 bits per heavy atom. The molecule has 2 heterocycles. The second kappa shape index (κ2) is 10.2. The molecule has 3 aliphatic rings. The standard InChI is InChI=1S/C37H36O4/c1-5-10-26-18-28(17-25(4)36(26)41-22-30-20-39-30)37(27-15-23(2)35(24(3)16-27)40-21-29-19-38-29)33-13-8-6-11-31(33)32-12-7-9-14-34(32)37/h5-9,11-18,29-30H,1,10,19-22H2,2-4H3/t29?,30-/m0/s1. The third kappa shape index (κ3) is 4.46. The van der Waals surface area contributed by atoms with Crippen LogP contribution in [0.25, 0.3) is 11.1 Å². The SMILES string of the molecule is C=CCc1cc(C2(c3cc(C)c(OCC4CO4)c(C)c3)c3ccccc3-c3ccccc32)cc(C)c1OC[C@@H]1CO1. The van der Waals surface area contributed by atoms with Gasteiger partial charge in [0.25, 0.3) is 0 Å². The molecule has 0 aromatic heterocycles. The minimum Gasteiger partial charge on any atom is -0.490 e. The number of aryl methyl sites for hydroxylation is 3. The lowest BCUT2D eigenvalue weighted by Crippen LogP contribution is -2.29. The van der Waals surface area contributed by atoms with Crippen LogP contribution in [0.4, 0.5) is 0 Å². The second-order valence-corrected chi connectivity index (χ2v) is 11.6. The van der Waals surface area contributed by atoms with Gasteiger partial charge in [-0.1, -0.05) is 78.9 Å². The minimum atomic E-state index is -0.500. The van der Waals surface area contributed by atoms with Crippen molar-refractivity contribution in [1.82, 2.24) is 0 Å². The number of hydrogen-bond acceptors (Lipinski definition) is 4. The van der Waals surface area contributed by atoms with E-state index in [2.05, 4.69) is 100 Å². The lowest BCUT2D eigenvalue weighted by atomic mass is 9.66. The number of benzene rings is 4. The molecule has 2 atom stereocenters. The van der Waals surface area contributed by atoms with Gasteiger partial charge in [-0.2, -0.15) is 0 Å². The third-order valence-corrected chi connectivity index (χ3v) is 8.63. The van der Waals surface area contributed by atoms with Crippen LogP contribution in [0, 0.1) is 20.8 Å². The van der Waals surface area contributed by atoms with Crippen LogP contribution in [0.3, 0.4) is 0 Å². The van der Waals surface area contributed by atoms with Gasteiger partial charge >= 0.3 is 0 Å². The van der Waals surface area contributed by atoms with E-state index in [4.69, 9.17) is 18.9 Å². The molecular formula is C37H36O4. The van der Waals surface area contributed by atoms with Gasteiger partial charge < -0.3 is 18.9 Å². The highest BCUT2D eigenvalue weighted by Crippen LogP contribution is 2.57. The number of ether oxygens (including phenoxy) is 4. The van der Waals surface area contributed by atoms with Gasteiger partial charge in [0.15, 0.2) is 0 Å². The lowest BCUT2D eigenvalue weighted by molar-refractivity contribution is 0.260. The summed E-state index contributed by atoms with van der Waals surface area (Å²) in [5, 5.41) is 0. The van der Waals surface area contributed by atoms with Gasteiger partial charge in [0.05, 0.1) is 18.6 Å². The summed E-state index contributed by atoms with van der Waals surface area (Å²) in [7, 11) is 0. The average molecular weight is 545 g/mol. The maximum atomic E-state index is 6.35. The summed E-state index contributed by atoms with van der Waals surface area (Å²) in [6.45, 7) is 13.3. The molecule has 0 amide bonds. The van der Waals surface area contributed by atoms with Crippen molar-refractivity contribution in [3.63, 3.8) is 0 Å². The lowest BCUT2D eigenvalue weighted by Gasteiger charge is -2.35. The summed E-state index contributed by atoms with van der Waals surface area (Å²) in [5.74, 6) is 1.89. The van der Waals surface area contributed by atoms with Gasteiger partial charge in [0.2, 0.25) is 0 Å². The highest BCUT2D eigenvalue weighted by atomic mass is 16.6. The average Bonchev–Trinajstić information content (AvgIpc) is 3.90. The van der Waals surface area contributed by atoms with Gasteiger partial charge in [-0.05, 0) is 82.8 Å². The first-order chi connectivity index (χ1) is 20.0. The zero-order valence-electron chi connectivity index (χ0n) is 24.0. The molecule has 4 aromatic carbocycles. The Morgan fingerprint density at radius 3 is 1.71 bits per heavy atom. The maximum absolute atomic E-state index is 6.35. The molecule has 1 unspecified atom stereocenters. The van der Waals surface area contributed by atoms with Crippen LogP contribution in [0.5, 0.6) is 11.5 Å². The Kier molecular flexibility index (Phi) is 6.49. The summed E-state index contributed by atoms with van der Waals surface area (Å²) >= 11 is 0. The van der Waals surface area contributed by atoms with Gasteiger partial charge in [-0.15, -0.1) is 6.58 Å². The Labute approximate surface area is 242 Å². The van der Waals surface area contributed by atoms with Crippen LogP contribution >= 0.6 is 0 Å². The first-order valence-corrected chi connectivity index (χ1v) is 14.6. The highest BCUT2D eigenvalue weighted by Gasteiger charge is 2.46. The zero-order valence-corrected chi connectivity index (χ0v) is 24.0. The van der Waals surface area contributed by atoms with Crippen LogP contribution in [-0.2, 0) is 21.3 Å². The van der Waals surface area contributed by atoms with Crippen molar-refractivity contribution in [2.45, 2.75) is 44.8 Å². The van der Waals surface area contributed by atoms with Crippen molar-refractivity contribution < 1.29 is 18.9 Å². The van der Waals surface area contributed by atoms with Crippen LogP contribution in [0.2, 0.25) is 0 Å². The largest absolute Gasteiger partial charge is 0.490 e. The topological polar surface area (TPSA) is 43.5 Å². The van der Waals surface area contributed by atoms with Gasteiger partial charge in [-0.3, -0.25) is 0 Å².